The summed E-state index contributed by atoms with van der Waals surface area (Å²) in [5, 5.41) is 4.38. The number of H-pyrrole nitrogens is 1. The van der Waals surface area contributed by atoms with E-state index in [-0.39, 0.29) is 0 Å². The fraction of sp³-hybridized carbons (Fsp3) is 0.286. The summed E-state index contributed by atoms with van der Waals surface area (Å²) < 4.78 is 4.73. The van der Waals surface area contributed by atoms with Crippen molar-refractivity contribution in [3.8, 4) is 0 Å². The van der Waals surface area contributed by atoms with Gasteiger partial charge in [-0.1, -0.05) is 12.1 Å². The van der Waals surface area contributed by atoms with E-state index in [0.29, 0.717) is 0 Å². The van der Waals surface area contributed by atoms with Crippen molar-refractivity contribution in [3.05, 3.63) is 46.0 Å². The van der Waals surface area contributed by atoms with Crippen LogP contribution in [0.4, 0.5) is 0 Å². The summed E-state index contributed by atoms with van der Waals surface area (Å²) >= 11 is 5.44. The zero-order chi connectivity index (χ0) is 13.6. The molecule has 0 aliphatic heterocycles. The van der Waals surface area contributed by atoms with Crippen LogP contribution in [0.1, 0.15) is 16.8 Å². The molecule has 98 valence electrons. The van der Waals surface area contributed by atoms with Crippen LogP contribution < -0.4 is 0 Å². The highest BCUT2D eigenvalue weighted by Gasteiger charge is 2.09. The molecule has 1 N–H and O–H groups in total. The number of imidazole rings is 1. The number of nitrogens with one attached hydrogen (secondary N) is 1. The second kappa shape index (κ2) is 4.35. The van der Waals surface area contributed by atoms with Crippen molar-refractivity contribution in [1.82, 2.24) is 19.3 Å². The summed E-state index contributed by atoms with van der Waals surface area (Å²) in [7, 11) is 1.94. The Labute approximate surface area is 116 Å². The van der Waals surface area contributed by atoms with Gasteiger partial charge in [0, 0.05) is 18.8 Å². The number of aromatic amines is 1. The lowest BCUT2D eigenvalue weighted by Crippen LogP contribution is -2.00. The van der Waals surface area contributed by atoms with E-state index < -0.39 is 0 Å². The van der Waals surface area contributed by atoms with Gasteiger partial charge >= 0.3 is 0 Å². The van der Waals surface area contributed by atoms with Crippen LogP contribution in [0.15, 0.2) is 24.4 Å². The van der Waals surface area contributed by atoms with Crippen LogP contribution in [0.3, 0.4) is 0 Å². The molecule has 0 fully saturated rings. The van der Waals surface area contributed by atoms with Crippen molar-refractivity contribution in [1.29, 1.82) is 0 Å². The Morgan fingerprint density at radius 2 is 2.11 bits per heavy atom. The summed E-state index contributed by atoms with van der Waals surface area (Å²) in [5.41, 5.74) is 5.72. The molecule has 3 aromatic rings. The van der Waals surface area contributed by atoms with Crippen LogP contribution in [0.5, 0.6) is 0 Å². The number of hydrogen-bond donors (Lipinski definition) is 1. The Morgan fingerprint density at radius 3 is 2.79 bits per heavy atom. The first-order valence-corrected chi connectivity index (χ1v) is 6.64. The molecule has 2 heterocycles. The Balaban J connectivity index is 2.16. The molecule has 0 unspecified atom stereocenters. The highest BCUT2D eigenvalue weighted by molar-refractivity contribution is 7.71. The lowest BCUT2D eigenvalue weighted by molar-refractivity contribution is 0.755. The van der Waals surface area contributed by atoms with E-state index in [4.69, 9.17) is 12.2 Å². The SMILES string of the molecule is Cc1nn(C)cc1Cn1c(=S)[nH]c2c(C)cccc21. The second-order valence-corrected chi connectivity index (χ2v) is 5.29. The molecule has 0 amide bonds. The molecular formula is C14H16N4S. The number of nitrogens with zero attached hydrogens (tertiary/aromatic N) is 3. The average molecular weight is 272 g/mol. The lowest BCUT2D eigenvalue weighted by Gasteiger charge is -2.03. The Hall–Kier alpha value is -1.88. The molecule has 0 saturated heterocycles. The largest absolute Gasteiger partial charge is 0.330 e. The number of aryl methyl sites for hydroxylation is 3. The van der Waals surface area contributed by atoms with Crippen LogP contribution in [-0.4, -0.2) is 19.3 Å². The summed E-state index contributed by atoms with van der Waals surface area (Å²) in [6.45, 7) is 4.87. The molecule has 0 spiro atoms. The molecule has 5 heteroatoms. The lowest BCUT2D eigenvalue weighted by atomic mass is 10.2. The molecule has 0 radical (unpaired) electrons. The number of aromatic nitrogens is 4. The third kappa shape index (κ3) is 2.00. The molecule has 3 rings (SSSR count). The van der Waals surface area contributed by atoms with Crippen molar-refractivity contribution >= 4 is 23.3 Å². The number of benzene rings is 1. The van der Waals surface area contributed by atoms with Crippen LogP contribution in [0.25, 0.3) is 11.0 Å². The van der Waals surface area contributed by atoms with Crippen LogP contribution >= 0.6 is 12.2 Å². The molecule has 1 aromatic carbocycles. The fourth-order valence-electron chi connectivity index (χ4n) is 2.45. The van der Waals surface area contributed by atoms with Gasteiger partial charge in [-0.15, -0.1) is 0 Å². The Morgan fingerprint density at radius 1 is 1.32 bits per heavy atom. The van der Waals surface area contributed by atoms with Gasteiger partial charge in [0.15, 0.2) is 4.77 Å². The van der Waals surface area contributed by atoms with E-state index >= 15 is 0 Å². The highest BCUT2D eigenvalue weighted by Crippen LogP contribution is 2.19. The number of hydrogen-bond acceptors (Lipinski definition) is 2. The van der Waals surface area contributed by atoms with E-state index in [9.17, 15) is 0 Å². The molecule has 4 nitrogen and oxygen atoms in total. The molecule has 19 heavy (non-hydrogen) atoms. The minimum Gasteiger partial charge on any atom is -0.330 e. The predicted molar refractivity (Wildman–Crippen MR) is 78.9 cm³/mol. The Kier molecular flexibility index (Phi) is 2.78. The van der Waals surface area contributed by atoms with Crippen LogP contribution in [0, 0.1) is 18.6 Å². The van der Waals surface area contributed by atoms with E-state index in [2.05, 4.69) is 39.8 Å². The van der Waals surface area contributed by atoms with Crippen molar-refractivity contribution < 1.29 is 0 Å². The Bertz CT molecular complexity index is 807. The maximum atomic E-state index is 5.44. The van der Waals surface area contributed by atoms with Gasteiger partial charge in [-0.25, -0.2) is 0 Å². The summed E-state index contributed by atoms with van der Waals surface area (Å²) in [5.74, 6) is 0. The van der Waals surface area contributed by atoms with Crippen LogP contribution in [0.2, 0.25) is 0 Å². The fourth-order valence-corrected chi connectivity index (χ4v) is 2.72. The standard InChI is InChI=1S/C14H16N4S/c1-9-5-4-6-12-13(9)15-14(19)18(12)8-11-7-17(3)16-10(11)2/h4-7H,8H2,1-3H3,(H,15,19). The monoisotopic (exact) mass is 272 g/mol. The van der Waals surface area contributed by atoms with E-state index in [1.807, 2.05) is 24.9 Å². The van der Waals surface area contributed by atoms with Gasteiger partial charge < -0.3 is 9.55 Å². The molecule has 2 aromatic heterocycles. The zero-order valence-electron chi connectivity index (χ0n) is 11.3. The van der Waals surface area contributed by atoms with Crippen molar-refractivity contribution in [2.45, 2.75) is 20.4 Å². The molecule has 0 saturated carbocycles. The van der Waals surface area contributed by atoms with E-state index in [0.717, 1.165) is 28.0 Å². The minimum atomic E-state index is 0.752. The molecule has 0 aliphatic rings. The highest BCUT2D eigenvalue weighted by atomic mass is 32.1. The number of para-hydroxylation sites is 1. The van der Waals surface area contributed by atoms with Gasteiger partial charge in [0.05, 0.1) is 23.3 Å². The molecule has 0 bridgehead atoms. The molecule has 0 atom stereocenters. The summed E-state index contributed by atoms with van der Waals surface area (Å²) in [6, 6.07) is 6.25. The molecular weight excluding hydrogens is 256 g/mol. The summed E-state index contributed by atoms with van der Waals surface area (Å²) in [6.07, 6.45) is 2.05. The van der Waals surface area contributed by atoms with Gasteiger partial charge in [0.2, 0.25) is 0 Å². The number of rotatable bonds is 2. The van der Waals surface area contributed by atoms with Gasteiger partial charge in [-0.05, 0) is 37.7 Å². The third-order valence-electron chi connectivity index (χ3n) is 3.46. The molecule has 0 aliphatic carbocycles. The minimum absolute atomic E-state index is 0.752. The first-order chi connectivity index (χ1) is 9.06. The first kappa shape index (κ1) is 12.2. The predicted octanol–water partition coefficient (Wildman–Crippen LogP) is 3.10. The summed E-state index contributed by atoms with van der Waals surface area (Å²) in [4.78, 5) is 3.29. The maximum absolute atomic E-state index is 5.44. The average Bonchev–Trinajstić information content (AvgIpc) is 2.83. The topological polar surface area (TPSA) is 38.5 Å². The van der Waals surface area contributed by atoms with Gasteiger partial charge in [-0.3, -0.25) is 4.68 Å². The quantitative estimate of drug-likeness (QED) is 0.728. The number of fused-ring (bicyclic) bond motifs is 1. The normalized spacial score (nSPS) is 11.3. The first-order valence-electron chi connectivity index (χ1n) is 6.23. The third-order valence-corrected chi connectivity index (χ3v) is 3.78. The van der Waals surface area contributed by atoms with Crippen molar-refractivity contribution in [2.24, 2.45) is 7.05 Å². The second-order valence-electron chi connectivity index (χ2n) is 4.90. The van der Waals surface area contributed by atoms with Crippen molar-refractivity contribution in [2.75, 3.05) is 0 Å². The van der Waals surface area contributed by atoms with E-state index in [1.165, 1.54) is 11.1 Å². The van der Waals surface area contributed by atoms with Crippen LogP contribution in [-0.2, 0) is 13.6 Å². The smallest absolute Gasteiger partial charge is 0.178 e. The van der Waals surface area contributed by atoms with Gasteiger partial charge in [0.1, 0.15) is 0 Å². The van der Waals surface area contributed by atoms with E-state index in [1.54, 1.807) is 0 Å². The van der Waals surface area contributed by atoms with Gasteiger partial charge in [-0.2, -0.15) is 5.10 Å². The van der Waals surface area contributed by atoms with Crippen molar-refractivity contribution in [3.63, 3.8) is 0 Å². The zero-order valence-corrected chi connectivity index (χ0v) is 12.1. The maximum Gasteiger partial charge on any atom is 0.178 e. The van der Waals surface area contributed by atoms with Gasteiger partial charge in [0.25, 0.3) is 0 Å².